The summed E-state index contributed by atoms with van der Waals surface area (Å²) >= 11 is 0.626. The predicted molar refractivity (Wildman–Crippen MR) is 65.8 cm³/mol. The smallest absolute Gasteiger partial charge is 0.187 e. The highest BCUT2D eigenvalue weighted by molar-refractivity contribution is 7.93. The van der Waals surface area contributed by atoms with Gasteiger partial charge >= 0.3 is 0 Å². The molecule has 3 rings (SSSR count). The molecule has 0 radical (unpaired) electrons. The van der Waals surface area contributed by atoms with Gasteiger partial charge in [0.1, 0.15) is 0 Å². The van der Waals surface area contributed by atoms with Crippen LogP contribution < -0.4 is 0 Å². The Morgan fingerprint density at radius 1 is 1.06 bits per heavy atom. The van der Waals surface area contributed by atoms with E-state index in [0.717, 1.165) is 16.3 Å². The number of benzene rings is 2. The highest BCUT2D eigenvalue weighted by Crippen LogP contribution is 2.34. The third kappa shape index (κ3) is 1.22. The fraction of sp³-hybridized carbons (Fsp3) is 0. The molecule has 0 amide bonds. The normalized spacial score (nSPS) is 13.4. The van der Waals surface area contributed by atoms with Crippen LogP contribution in [-0.2, 0) is 0 Å². The molecular formula is C13H8O2S. The lowest BCUT2D eigenvalue weighted by Crippen LogP contribution is -2.03. The van der Waals surface area contributed by atoms with Crippen LogP contribution in [0.15, 0.2) is 41.3 Å². The number of ketones is 1. The van der Waals surface area contributed by atoms with Gasteiger partial charge in [-0.2, -0.15) is 0 Å². The summed E-state index contributed by atoms with van der Waals surface area (Å²) in [4.78, 5) is 12.5. The number of allylic oxidation sites excluding steroid dienone is 1. The molecule has 2 nitrogen and oxygen atoms in total. The van der Waals surface area contributed by atoms with Gasteiger partial charge in [0.15, 0.2) is 5.78 Å². The summed E-state index contributed by atoms with van der Waals surface area (Å²) in [5.74, 6) is -0.0409. The van der Waals surface area contributed by atoms with E-state index in [-0.39, 0.29) is 5.78 Å². The summed E-state index contributed by atoms with van der Waals surface area (Å²) < 4.78 is 9.18. The Kier molecular flexibility index (Phi) is 2.09. The van der Waals surface area contributed by atoms with Crippen molar-refractivity contribution in [1.82, 2.24) is 0 Å². The van der Waals surface area contributed by atoms with Crippen LogP contribution in [0.4, 0.5) is 0 Å². The lowest BCUT2D eigenvalue weighted by Gasteiger charge is -2.13. The van der Waals surface area contributed by atoms with E-state index in [2.05, 4.69) is 0 Å². The van der Waals surface area contributed by atoms with Crippen molar-refractivity contribution in [1.29, 1.82) is 0 Å². The largest absolute Gasteiger partial charge is 0.325 e. The summed E-state index contributed by atoms with van der Waals surface area (Å²) in [7, 11) is 0. The van der Waals surface area contributed by atoms with Crippen LogP contribution in [0, 0.1) is 0 Å². The van der Waals surface area contributed by atoms with Crippen LogP contribution >= 0.6 is 12.0 Å². The van der Waals surface area contributed by atoms with Crippen LogP contribution in [0.3, 0.4) is 0 Å². The second-order valence-corrected chi connectivity index (χ2v) is 4.30. The molecular weight excluding hydrogens is 220 g/mol. The number of hydrogen-bond acceptors (Lipinski definition) is 3. The fourth-order valence-electron chi connectivity index (χ4n) is 2.10. The monoisotopic (exact) mass is 228 g/mol. The maximum absolute atomic E-state index is 11.8. The van der Waals surface area contributed by atoms with Gasteiger partial charge in [0.05, 0.1) is 0 Å². The van der Waals surface area contributed by atoms with Gasteiger partial charge in [0.2, 0.25) is 0 Å². The first kappa shape index (κ1) is 9.63. The van der Waals surface area contributed by atoms with Gasteiger partial charge in [0, 0.05) is 27.9 Å². The Balaban J connectivity index is 2.53. The molecule has 78 valence electrons. The average molecular weight is 228 g/mol. The van der Waals surface area contributed by atoms with Crippen molar-refractivity contribution < 1.29 is 9.35 Å². The minimum Gasteiger partial charge on any atom is -0.325 e. The van der Waals surface area contributed by atoms with Crippen LogP contribution in [0.1, 0.15) is 15.9 Å². The molecule has 0 aromatic heterocycles. The molecule has 0 saturated heterocycles. The fourth-order valence-corrected chi connectivity index (χ4v) is 2.52. The van der Waals surface area contributed by atoms with E-state index in [1.54, 1.807) is 12.1 Å². The number of carbonyl (C=O) groups excluding carboxylic acids is 1. The lowest BCUT2D eigenvalue weighted by molar-refractivity contribution is 0.104. The molecule has 2 aromatic rings. The molecule has 1 aliphatic carbocycles. The molecule has 1 aliphatic rings. The molecule has 0 bridgehead atoms. The molecule has 2 aromatic carbocycles. The Labute approximate surface area is 96.8 Å². The average Bonchev–Trinajstić information content (AvgIpc) is 2.33. The van der Waals surface area contributed by atoms with E-state index in [4.69, 9.17) is 0 Å². The van der Waals surface area contributed by atoms with Crippen molar-refractivity contribution in [3.8, 4) is 0 Å². The maximum atomic E-state index is 11.8. The first-order valence-corrected chi connectivity index (χ1v) is 5.68. The van der Waals surface area contributed by atoms with Crippen molar-refractivity contribution in [3.63, 3.8) is 0 Å². The molecule has 0 fully saturated rings. The third-order valence-electron chi connectivity index (χ3n) is 2.80. The minimum atomic E-state index is -0.0409. The quantitative estimate of drug-likeness (QED) is 0.757. The highest BCUT2D eigenvalue weighted by atomic mass is 32.2. The van der Waals surface area contributed by atoms with E-state index in [1.165, 1.54) is 0 Å². The standard InChI is InChI=1S/C13H8O2S/c14-10-6-4-8-2-1-3-9-5-7-11(16-15)13(10)12(8)9/h1-7,15H. The Bertz CT molecular complexity index is 629. The second-order valence-electron chi connectivity index (χ2n) is 3.67. The molecule has 3 heteroatoms. The van der Waals surface area contributed by atoms with Crippen LogP contribution in [-0.4, -0.2) is 10.3 Å². The zero-order valence-electron chi connectivity index (χ0n) is 8.31. The summed E-state index contributed by atoms with van der Waals surface area (Å²) in [6.45, 7) is 0. The molecule has 0 aliphatic heterocycles. The number of carbonyl (C=O) groups is 1. The van der Waals surface area contributed by atoms with Crippen LogP contribution in [0.2, 0.25) is 0 Å². The van der Waals surface area contributed by atoms with Crippen LogP contribution in [0.5, 0.6) is 0 Å². The van der Waals surface area contributed by atoms with E-state index in [9.17, 15) is 9.35 Å². The predicted octanol–water partition coefficient (Wildman–Crippen LogP) is 3.61. The molecule has 0 spiro atoms. The van der Waals surface area contributed by atoms with Gasteiger partial charge in [-0.15, -0.1) is 0 Å². The zero-order valence-corrected chi connectivity index (χ0v) is 9.12. The van der Waals surface area contributed by atoms with Crippen molar-refractivity contribution in [2.45, 2.75) is 4.90 Å². The van der Waals surface area contributed by atoms with E-state index in [1.807, 2.05) is 30.3 Å². The molecule has 0 heterocycles. The maximum Gasteiger partial charge on any atom is 0.187 e. The highest BCUT2D eigenvalue weighted by Gasteiger charge is 2.18. The van der Waals surface area contributed by atoms with Gasteiger partial charge in [-0.1, -0.05) is 30.3 Å². The second kappa shape index (κ2) is 3.47. The Hall–Kier alpha value is -1.58. The van der Waals surface area contributed by atoms with Gasteiger partial charge in [0.25, 0.3) is 0 Å². The Morgan fingerprint density at radius 2 is 1.94 bits per heavy atom. The molecule has 0 saturated carbocycles. The van der Waals surface area contributed by atoms with Crippen molar-refractivity contribution in [3.05, 3.63) is 47.5 Å². The van der Waals surface area contributed by atoms with E-state index in [0.29, 0.717) is 22.5 Å². The Morgan fingerprint density at radius 3 is 2.75 bits per heavy atom. The first-order valence-electron chi connectivity index (χ1n) is 4.91. The van der Waals surface area contributed by atoms with Gasteiger partial charge < -0.3 is 4.55 Å². The molecule has 16 heavy (non-hydrogen) atoms. The summed E-state index contributed by atoms with van der Waals surface area (Å²) in [5.41, 5.74) is 1.64. The molecule has 1 N–H and O–H groups in total. The minimum absolute atomic E-state index is 0.0409. The van der Waals surface area contributed by atoms with E-state index < -0.39 is 0 Å². The zero-order chi connectivity index (χ0) is 11.1. The number of hydrogen-bond donors (Lipinski definition) is 1. The third-order valence-corrected chi connectivity index (χ3v) is 3.34. The molecule has 0 unspecified atom stereocenters. The first-order chi connectivity index (χ1) is 7.81. The van der Waals surface area contributed by atoms with Crippen molar-refractivity contribution in [2.24, 2.45) is 0 Å². The summed E-state index contributed by atoms with van der Waals surface area (Å²) in [6.07, 6.45) is 3.38. The van der Waals surface area contributed by atoms with Crippen molar-refractivity contribution in [2.75, 3.05) is 0 Å². The summed E-state index contributed by atoms with van der Waals surface area (Å²) in [5, 5.41) is 1.97. The van der Waals surface area contributed by atoms with E-state index >= 15 is 0 Å². The van der Waals surface area contributed by atoms with Gasteiger partial charge in [-0.05, 0) is 23.1 Å². The van der Waals surface area contributed by atoms with Gasteiger partial charge in [-0.3, -0.25) is 4.79 Å². The number of rotatable bonds is 1. The topological polar surface area (TPSA) is 37.3 Å². The lowest BCUT2D eigenvalue weighted by atomic mass is 9.92. The molecule has 0 atom stereocenters. The summed E-state index contributed by atoms with van der Waals surface area (Å²) in [6, 6.07) is 9.62. The van der Waals surface area contributed by atoms with Crippen LogP contribution in [0.25, 0.3) is 16.8 Å². The van der Waals surface area contributed by atoms with Gasteiger partial charge in [-0.25, -0.2) is 0 Å². The SMILES string of the molecule is O=C1C=Cc2cccc3ccc(SO)c1c23. The van der Waals surface area contributed by atoms with Crippen molar-refractivity contribution >= 4 is 34.7 Å².